The molecule has 0 unspecified atom stereocenters. The predicted octanol–water partition coefficient (Wildman–Crippen LogP) is 0.519. The van der Waals surface area contributed by atoms with E-state index in [-0.39, 0.29) is 12.4 Å². The van der Waals surface area contributed by atoms with Gasteiger partial charge in [-0.1, -0.05) is 6.92 Å². The van der Waals surface area contributed by atoms with Crippen molar-refractivity contribution in [1.82, 2.24) is 0 Å². The first kappa shape index (κ1) is 7.53. The Kier molecular flexibility index (Phi) is 1.50. The molecule has 0 aliphatic carbocycles. The molecule has 0 amide bonds. The van der Waals surface area contributed by atoms with Gasteiger partial charge in [-0.15, -0.1) is 0 Å². The number of hydrogen-bond donors (Lipinski definition) is 1. The molecule has 2 heterocycles. The first-order valence-electron chi connectivity index (χ1n) is 4.09. The van der Waals surface area contributed by atoms with Crippen molar-refractivity contribution in [2.45, 2.75) is 38.3 Å². The van der Waals surface area contributed by atoms with Crippen LogP contribution < -0.4 is 0 Å². The molecule has 3 nitrogen and oxygen atoms in total. The highest BCUT2D eigenvalue weighted by atomic mass is 16.7. The minimum Gasteiger partial charge on any atom is -0.385 e. The molecule has 2 aliphatic rings. The van der Waals surface area contributed by atoms with Crippen LogP contribution in [0.5, 0.6) is 0 Å². The summed E-state index contributed by atoms with van der Waals surface area (Å²) in [5.74, 6) is 0.406. The molecule has 0 saturated carbocycles. The third-order valence-corrected chi connectivity index (χ3v) is 2.59. The summed E-state index contributed by atoms with van der Waals surface area (Å²) in [6.07, 6.45) is 0.603. The Labute approximate surface area is 66.3 Å². The molecule has 2 fully saturated rings. The van der Waals surface area contributed by atoms with E-state index in [0.717, 1.165) is 6.42 Å². The summed E-state index contributed by atoms with van der Waals surface area (Å²) >= 11 is 0. The van der Waals surface area contributed by atoms with Crippen LogP contribution in [-0.4, -0.2) is 29.7 Å². The van der Waals surface area contributed by atoms with Crippen LogP contribution in [0.15, 0.2) is 0 Å². The minimum atomic E-state index is -0.785. The highest BCUT2D eigenvalue weighted by Crippen LogP contribution is 2.37. The Morgan fingerprint density at radius 3 is 3.00 bits per heavy atom. The summed E-state index contributed by atoms with van der Waals surface area (Å²) in [6.45, 7) is 4.50. The van der Waals surface area contributed by atoms with E-state index in [0.29, 0.717) is 12.5 Å². The van der Waals surface area contributed by atoms with E-state index in [9.17, 15) is 5.11 Å². The molecule has 2 bridgehead atoms. The first-order chi connectivity index (χ1) is 5.09. The predicted molar refractivity (Wildman–Crippen MR) is 39.0 cm³/mol. The van der Waals surface area contributed by atoms with Crippen molar-refractivity contribution >= 4 is 0 Å². The van der Waals surface area contributed by atoms with E-state index in [1.807, 2.05) is 0 Å². The fourth-order valence-corrected chi connectivity index (χ4v) is 1.92. The molecular weight excluding hydrogens is 144 g/mol. The number of aliphatic hydroxyl groups is 1. The van der Waals surface area contributed by atoms with Crippen molar-refractivity contribution in [1.29, 1.82) is 0 Å². The van der Waals surface area contributed by atoms with Crippen LogP contribution in [0.25, 0.3) is 0 Å². The monoisotopic (exact) mass is 158 g/mol. The van der Waals surface area contributed by atoms with Gasteiger partial charge in [0.15, 0.2) is 6.29 Å². The molecule has 1 N–H and O–H groups in total. The maximum atomic E-state index is 9.78. The third kappa shape index (κ3) is 1.08. The van der Waals surface area contributed by atoms with Crippen molar-refractivity contribution in [3.63, 3.8) is 0 Å². The molecular formula is C8H14O3. The van der Waals surface area contributed by atoms with Gasteiger partial charge >= 0.3 is 0 Å². The van der Waals surface area contributed by atoms with E-state index < -0.39 is 5.60 Å². The summed E-state index contributed by atoms with van der Waals surface area (Å²) in [7, 11) is 0. The fraction of sp³-hybridized carbons (Fsp3) is 1.00. The van der Waals surface area contributed by atoms with Gasteiger partial charge in [-0.05, 0) is 19.3 Å². The molecule has 2 saturated heterocycles. The van der Waals surface area contributed by atoms with E-state index in [1.54, 1.807) is 6.92 Å². The zero-order valence-electron chi connectivity index (χ0n) is 6.91. The molecule has 64 valence electrons. The molecule has 2 rings (SSSR count). The first-order valence-corrected chi connectivity index (χ1v) is 4.09. The zero-order valence-corrected chi connectivity index (χ0v) is 6.91. The van der Waals surface area contributed by atoms with Gasteiger partial charge in [0, 0.05) is 0 Å². The second kappa shape index (κ2) is 2.19. The SMILES string of the molecule is C[C@H]1C[C@@](C)(O)[C@@H]2OC[C@H]1O2. The summed E-state index contributed by atoms with van der Waals surface area (Å²) < 4.78 is 10.7. The van der Waals surface area contributed by atoms with E-state index in [4.69, 9.17) is 9.47 Å². The van der Waals surface area contributed by atoms with Gasteiger partial charge in [0.05, 0.1) is 12.7 Å². The van der Waals surface area contributed by atoms with Crippen LogP contribution in [0.3, 0.4) is 0 Å². The van der Waals surface area contributed by atoms with Crippen molar-refractivity contribution in [2.75, 3.05) is 6.61 Å². The Morgan fingerprint density at radius 1 is 1.55 bits per heavy atom. The van der Waals surface area contributed by atoms with Crippen LogP contribution in [0, 0.1) is 5.92 Å². The van der Waals surface area contributed by atoms with Crippen molar-refractivity contribution in [3.8, 4) is 0 Å². The van der Waals surface area contributed by atoms with Crippen LogP contribution >= 0.6 is 0 Å². The van der Waals surface area contributed by atoms with Gasteiger partial charge in [-0.2, -0.15) is 0 Å². The average molecular weight is 158 g/mol. The lowest BCUT2D eigenvalue weighted by Gasteiger charge is -2.36. The topological polar surface area (TPSA) is 38.7 Å². The second-order valence-electron chi connectivity index (χ2n) is 3.88. The lowest BCUT2D eigenvalue weighted by Crippen LogP contribution is -2.46. The Bertz CT molecular complexity index is 167. The fourth-order valence-electron chi connectivity index (χ4n) is 1.92. The minimum absolute atomic E-state index is 0.209. The summed E-state index contributed by atoms with van der Waals surface area (Å²) in [5.41, 5.74) is -0.785. The molecule has 0 aromatic rings. The standard InChI is InChI=1S/C8H14O3/c1-5-3-8(2,9)7-10-4-6(5)11-7/h5-7,9H,3-4H2,1-2H3/t5-,6+,7+,8+/m0/s1. The van der Waals surface area contributed by atoms with E-state index in [2.05, 4.69) is 6.92 Å². The quantitative estimate of drug-likeness (QED) is 0.558. The smallest absolute Gasteiger partial charge is 0.186 e. The lowest BCUT2D eigenvalue weighted by atomic mass is 9.88. The van der Waals surface area contributed by atoms with Gasteiger partial charge in [-0.3, -0.25) is 0 Å². The van der Waals surface area contributed by atoms with Crippen molar-refractivity contribution in [3.05, 3.63) is 0 Å². The highest BCUT2D eigenvalue weighted by molar-refractivity contribution is 4.91. The van der Waals surface area contributed by atoms with Gasteiger partial charge < -0.3 is 14.6 Å². The van der Waals surface area contributed by atoms with Gasteiger partial charge in [0.2, 0.25) is 0 Å². The normalized spacial score (nSPS) is 56.5. The third-order valence-electron chi connectivity index (χ3n) is 2.59. The lowest BCUT2D eigenvalue weighted by molar-refractivity contribution is -0.214. The van der Waals surface area contributed by atoms with Crippen molar-refractivity contribution < 1.29 is 14.6 Å². The Morgan fingerprint density at radius 2 is 2.27 bits per heavy atom. The highest BCUT2D eigenvalue weighted by Gasteiger charge is 2.48. The molecule has 3 heteroatoms. The molecule has 11 heavy (non-hydrogen) atoms. The number of hydrogen-bond acceptors (Lipinski definition) is 3. The molecule has 0 aromatic heterocycles. The Balaban J connectivity index is 2.18. The Hall–Kier alpha value is -0.120. The van der Waals surface area contributed by atoms with Gasteiger partial charge in [0.1, 0.15) is 5.60 Å². The number of fused-ring (bicyclic) bond motifs is 2. The maximum Gasteiger partial charge on any atom is 0.186 e. The maximum absolute atomic E-state index is 9.78. The molecule has 0 aromatic carbocycles. The van der Waals surface area contributed by atoms with Crippen LogP contribution in [0.4, 0.5) is 0 Å². The van der Waals surface area contributed by atoms with Gasteiger partial charge in [0.25, 0.3) is 0 Å². The van der Waals surface area contributed by atoms with Crippen LogP contribution in [-0.2, 0) is 9.47 Å². The van der Waals surface area contributed by atoms with Gasteiger partial charge in [-0.25, -0.2) is 0 Å². The van der Waals surface area contributed by atoms with Crippen LogP contribution in [0.1, 0.15) is 20.3 Å². The average Bonchev–Trinajstić information content (AvgIpc) is 2.28. The largest absolute Gasteiger partial charge is 0.385 e. The zero-order chi connectivity index (χ0) is 8.06. The molecule has 0 radical (unpaired) electrons. The van der Waals surface area contributed by atoms with E-state index >= 15 is 0 Å². The summed E-state index contributed by atoms with van der Waals surface area (Å²) in [4.78, 5) is 0. The number of rotatable bonds is 0. The van der Waals surface area contributed by atoms with Crippen LogP contribution in [0.2, 0.25) is 0 Å². The van der Waals surface area contributed by atoms with Crippen molar-refractivity contribution in [2.24, 2.45) is 5.92 Å². The number of ether oxygens (including phenoxy) is 2. The molecule has 0 spiro atoms. The summed E-state index contributed by atoms with van der Waals surface area (Å²) in [5, 5.41) is 9.78. The van der Waals surface area contributed by atoms with E-state index in [1.165, 1.54) is 0 Å². The molecule has 4 atom stereocenters. The summed E-state index contributed by atoms with van der Waals surface area (Å²) in [6, 6.07) is 0. The molecule has 2 aliphatic heterocycles. The second-order valence-corrected chi connectivity index (χ2v) is 3.88.